The third-order valence-electron chi connectivity index (χ3n) is 3.36. The van der Waals surface area contributed by atoms with Crippen LogP contribution in [0.2, 0.25) is 0 Å². The van der Waals surface area contributed by atoms with Crippen molar-refractivity contribution in [2.45, 2.75) is 40.7 Å². The van der Waals surface area contributed by atoms with E-state index < -0.39 is 0 Å². The maximum atomic E-state index is 4.57. The van der Waals surface area contributed by atoms with Crippen LogP contribution >= 0.6 is 11.3 Å². The molecule has 3 heteroatoms. The SMILES string of the molecule is CCNC(c1cc(C)ccc1C)c1sc(C)nc1C. The quantitative estimate of drug-likeness (QED) is 0.909. The molecular weight excluding hydrogens is 252 g/mol. The van der Waals surface area contributed by atoms with E-state index in [0.29, 0.717) is 0 Å². The summed E-state index contributed by atoms with van der Waals surface area (Å²) in [6.45, 7) is 11.6. The van der Waals surface area contributed by atoms with Crippen LogP contribution in [0.1, 0.15) is 45.2 Å². The molecule has 0 amide bonds. The standard InChI is InChI=1S/C16H22N2S/c1-6-17-15(16-12(4)18-13(5)19-16)14-9-10(2)7-8-11(14)3/h7-9,15,17H,6H2,1-5H3. The van der Waals surface area contributed by atoms with Gasteiger partial charge in [-0.05, 0) is 45.4 Å². The van der Waals surface area contributed by atoms with E-state index in [4.69, 9.17) is 0 Å². The molecule has 0 spiro atoms. The molecule has 2 rings (SSSR count). The molecule has 0 aliphatic rings. The first-order chi connectivity index (χ1) is 9.02. The van der Waals surface area contributed by atoms with Gasteiger partial charge in [0.1, 0.15) is 0 Å². The highest BCUT2D eigenvalue weighted by Gasteiger charge is 2.20. The highest BCUT2D eigenvalue weighted by Crippen LogP contribution is 2.32. The fraction of sp³-hybridized carbons (Fsp3) is 0.438. The number of thiazole rings is 1. The summed E-state index contributed by atoms with van der Waals surface area (Å²) in [5.74, 6) is 0. The van der Waals surface area contributed by atoms with Crippen molar-refractivity contribution in [3.63, 3.8) is 0 Å². The normalized spacial score (nSPS) is 12.7. The number of aryl methyl sites for hydroxylation is 4. The minimum Gasteiger partial charge on any atom is -0.306 e. The van der Waals surface area contributed by atoms with Gasteiger partial charge in [0.25, 0.3) is 0 Å². The lowest BCUT2D eigenvalue weighted by atomic mass is 9.97. The number of rotatable bonds is 4. The first kappa shape index (κ1) is 14.2. The van der Waals surface area contributed by atoms with Gasteiger partial charge in [0.2, 0.25) is 0 Å². The van der Waals surface area contributed by atoms with Crippen LogP contribution in [0.3, 0.4) is 0 Å². The lowest BCUT2D eigenvalue weighted by Gasteiger charge is -2.20. The maximum absolute atomic E-state index is 4.57. The zero-order valence-electron chi connectivity index (χ0n) is 12.4. The fourth-order valence-electron chi connectivity index (χ4n) is 2.43. The van der Waals surface area contributed by atoms with Gasteiger partial charge in [-0.25, -0.2) is 4.98 Å². The predicted octanol–water partition coefficient (Wildman–Crippen LogP) is 4.08. The summed E-state index contributed by atoms with van der Waals surface area (Å²) in [5, 5.41) is 4.75. The van der Waals surface area contributed by atoms with E-state index in [1.54, 1.807) is 11.3 Å². The molecule has 0 bridgehead atoms. The molecule has 19 heavy (non-hydrogen) atoms. The summed E-state index contributed by atoms with van der Waals surface area (Å²) < 4.78 is 0. The van der Waals surface area contributed by atoms with E-state index in [1.807, 2.05) is 0 Å². The average molecular weight is 274 g/mol. The topological polar surface area (TPSA) is 24.9 Å². The molecule has 1 aromatic carbocycles. The summed E-state index contributed by atoms with van der Waals surface area (Å²) in [4.78, 5) is 5.91. The van der Waals surface area contributed by atoms with Crippen molar-refractivity contribution < 1.29 is 0 Å². The van der Waals surface area contributed by atoms with Gasteiger partial charge in [-0.15, -0.1) is 11.3 Å². The molecule has 1 unspecified atom stereocenters. The van der Waals surface area contributed by atoms with Crippen LogP contribution in [0.15, 0.2) is 18.2 Å². The van der Waals surface area contributed by atoms with Gasteiger partial charge in [0, 0.05) is 4.88 Å². The molecular formula is C16H22N2S. The van der Waals surface area contributed by atoms with Crippen LogP contribution in [-0.2, 0) is 0 Å². The Hall–Kier alpha value is -1.19. The Morgan fingerprint density at radius 3 is 2.53 bits per heavy atom. The van der Waals surface area contributed by atoms with E-state index in [1.165, 1.54) is 21.6 Å². The molecule has 0 radical (unpaired) electrons. The predicted molar refractivity (Wildman–Crippen MR) is 83.0 cm³/mol. The van der Waals surface area contributed by atoms with Gasteiger partial charge < -0.3 is 5.32 Å². The number of hydrogen-bond donors (Lipinski definition) is 1. The maximum Gasteiger partial charge on any atom is 0.0900 e. The molecule has 1 aromatic heterocycles. The zero-order chi connectivity index (χ0) is 14.0. The van der Waals surface area contributed by atoms with Crippen molar-refractivity contribution >= 4 is 11.3 Å². The Kier molecular flexibility index (Phi) is 4.38. The number of nitrogens with zero attached hydrogens (tertiary/aromatic N) is 1. The Labute approximate surface area is 119 Å². The summed E-state index contributed by atoms with van der Waals surface area (Å²) in [5.41, 5.74) is 5.16. The minimum absolute atomic E-state index is 0.260. The van der Waals surface area contributed by atoms with Crippen LogP contribution in [0.25, 0.3) is 0 Å². The van der Waals surface area contributed by atoms with Gasteiger partial charge in [-0.3, -0.25) is 0 Å². The van der Waals surface area contributed by atoms with E-state index in [9.17, 15) is 0 Å². The van der Waals surface area contributed by atoms with Crippen molar-refractivity contribution in [2.24, 2.45) is 0 Å². The third kappa shape index (κ3) is 3.04. The molecule has 1 atom stereocenters. The molecule has 2 nitrogen and oxygen atoms in total. The Bertz CT molecular complexity index is 572. The molecule has 102 valence electrons. The number of benzene rings is 1. The van der Waals surface area contributed by atoms with Crippen molar-refractivity contribution in [3.05, 3.63) is 50.5 Å². The molecule has 0 saturated carbocycles. The highest BCUT2D eigenvalue weighted by molar-refractivity contribution is 7.11. The average Bonchev–Trinajstić information content (AvgIpc) is 2.69. The second kappa shape index (κ2) is 5.85. The second-order valence-electron chi connectivity index (χ2n) is 5.03. The largest absolute Gasteiger partial charge is 0.306 e. The van der Waals surface area contributed by atoms with Gasteiger partial charge in [0.15, 0.2) is 0 Å². The molecule has 0 saturated heterocycles. The number of aromatic nitrogens is 1. The van der Waals surface area contributed by atoms with Gasteiger partial charge in [0.05, 0.1) is 16.7 Å². The number of nitrogens with one attached hydrogen (secondary N) is 1. The molecule has 0 aliphatic carbocycles. The van der Waals surface area contributed by atoms with Crippen LogP contribution in [-0.4, -0.2) is 11.5 Å². The first-order valence-corrected chi connectivity index (χ1v) is 7.59. The van der Waals surface area contributed by atoms with Crippen molar-refractivity contribution in [2.75, 3.05) is 6.54 Å². The lowest BCUT2D eigenvalue weighted by Crippen LogP contribution is -2.22. The van der Waals surface area contributed by atoms with Crippen LogP contribution in [0.5, 0.6) is 0 Å². The van der Waals surface area contributed by atoms with Gasteiger partial charge in [-0.1, -0.05) is 30.7 Å². The van der Waals surface area contributed by atoms with E-state index >= 15 is 0 Å². The minimum atomic E-state index is 0.260. The van der Waals surface area contributed by atoms with E-state index in [0.717, 1.165) is 17.2 Å². The Balaban J connectivity index is 2.51. The van der Waals surface area contributed by atoms with Crippen molar-refractivity contribution in [1.82, 2.24) is 10.3 Å². The highest BCUT2D eigenvalue weighted by atomic mass is 32.1. The monoisotopic (exact) mass is 274 g/mol. The van der Waals surface area contributed by atoms with E-state index in [2.05, 4.69) is 63.1 Å². The van der Waals surface area contributed by atoms with Crippen molar-refractivity contribution in [1.29, 1.82) is 0 Å². The van der Waals surface area contributed by atoms with Crippen LogP contribution in [0.4, 0.5) is 0 Å². The molecule has 0 fully saturated rings. The van der Waals surface area contributed by atoms with Crippen molar-refractivity contribution in [3.8, 4) is 0 Å². The Morgan fingerprint density at radius 2 is 1.95 bits per heavy atom. The second-order valence-corrected chi connectivity index (χ2v) is 6.27. The van der Waals surface area contributed by atoms with Gasteiger partial charge in [-0.2, -0.15) is 0 Å². The summed E-state index contributed by atoms with van der Waals surface area (Å²) in [7, 11) is 0. The Morgan fingerprint density at radius 1 is 1.21 bits per heavy atom. The molecule has 1 heterocycles. The summed E-state index contributed by atoms with van der Waals surface area (Å²) >= 11 is 1.80. The van der Waals surface area contributed by atoms with E-state index in [-0.39, 0.29) is 6.04 Å². The molecule has 0 aliphatic heterocycles. The molecule has 1 N–H and O–H groups in total. The number of hydrogen-bond acceptors (Lipinski definition) is 3. The first-order valence-electron chi connectivity index (χ1n) is 6.77. The third-order valence-corrected chi connectivity index (χ3v) is 4.49. The zero-order valence-corrected chi connectivity index (χ0v) is 13.2. The molecule has 2 aromatic rings. The fourth-order valence-corrected chi connectivity index (χ4v) is 3.46. The van der Waals surface area contributed by atoms with Crippen LogP contribution < -0.4 is 5.32 Å². The van der Waals surface area contributed by atoms with Gasteiger partial charge >= 0.3 is 0 Å². The van der Waals surface area contributed by atoms with Crippen LogP contribution in [0, 0.1) is 27.7 Å². The summed E-state index contributed by atoms with van der Waals surface area (Å²) in [6.07, 6.45) is 0. The summed E-state index contributed by atoms with van der Waals surface area (Å²) in [6, 6.07) is 6.93. The smallest absolute Gasteiger partial charge is 0.0900 e. The lowest BCUT2D eigenvalue weighted by molar-refractivity contribution is 0.632.